The molecule has 5 heteroatoms. The predicted octanol–water partition coefficient (Wildman–Crippen LogP) is 6.13. The molecule has 0 amide bonds. The molecule has 0 N–H and O–H groups in total. The van der Waals surface area contributed by atoms with Gasteiger partial charge in [-0.05, 0) is 41.3 Å². The third-order valence-corrected chi connectivity index (χ3v) is 6.03. The van der Waals surface area contributed by atoms with E-state index in [1.165, 1.54) is 0 Å². The molecule has 0 saturated carbocycles. The third-order valence-electron chi connectivity index (χ3n) is 2.74. The van der Waals surface area contributed by atoms with Crippen molar-refractivity contribution in [1.82, 2.24) is 0 Å². The number of hydrogen-bond acceptors (Lipinski definition) is 4. The Balaban J connectivity index is 2.54. The highest BCUT2D eigenvalue weighted by molar-refractivity contribution is 8.56. The number of benzene rings is 1. The summed E-state index contributed by atoms with van der Waals surface area (Å²) in [5, 5.41) is 1.80. The van der Waals surface area contributed by atoms with E-state index in [0.29, 0.717) is 13.2 Å². The zero-order valence-electron chi connectivity index (χ0n) is 12.9. The Bertz CT molecular complexity index is 434. The summed E-state index contributed by atoms with van der Waals surface area (Å²) < 4.78 is 23.6. The lowest BCUT2D eigenvalue weighted by Gasteiger charge is -2.15. The Morgan fingerprint density at radius 3 is 2.14 bits per heavy atom. The first kappa shape index (κ1) is 18.5. The van der Waals surface area contributed by atoms with Gasteiger partial charge in [-0.3, -0.25) is 0 Å². The Labute approximate surface area is 132 Å². The molecule has 1 rings (SSSR count). The minimum absolute atomic E-state index is 0.478. The molecule has 0 heterocycles. The van der Waals surface area contributed by atoms with Gasteiger partial charge in [0, 0.05) is 0 Å². The predicted molar refractivity (Wildman–Crippen MR) is 92.4 cm³/mol. The van der Waals surface area contributed by atoms with Gasteiger partial charge in [-0.15, -0.1) is 0 Å². The molecule has 1 aromatic carbocycles. The molecule has 0 aromatic heterocycles. The molecule has 0 fully saturated rings. The molecule has 0 aliphatic carbocycles. The van der Waals surface area contributed by atoms with Crippen molar-refractivity contribution in [2.75, 3.05) is 13.2 Å². The molecule has 0 bridgehead atoms. The van der Waals surface area contributed by atoms with Crippen molar-refractivity contribution in [2.45, 2.75) is 39.5 Å². The monoisotopic (exact) mass is 328 g/mol. The molecule has 0 spiro atoms. The molecule has 0 atom stereocenters. The molecule has 0 unspecified atom stereocenters. The van der Waals surface area contributed by atoms with Crippen LogP contribution in [-0.2, 0) is 13.6 Å². The van der Waals surface area contributed by atoms with Crippen LogP contribution in [0.25, 0.3) is 6.08 Å². The van der Waals surface area contributed by atoms with Gasteiger partial charge in [0.05, 0.1) is 13.2 Å². The molecule has 1 aromatic rings. The zero-order valence-corrected chi connectivity index (χ0v) is 14.6. The second kappa shape index (κ2) is 11.1. The highest BCUT2D eigenvalue weighted by Crippen LogP contribution is 2.61. The number of hydrogen-bond donors (Lipinski definition) is 0. The molecule has 0 aliphatic rings. The minimum Gasteiger partial charge on any atom is -0.301 e. The molecule has 118 valence electrons. The van der Waals surface area contributed by atoms with Crippen LogP contribution in [0.4, 0.5) is 0 Å². The number of rotatable bonds is 11. The quantitative estimate of drug-likeness (QED) is 0.361. The Morgan fingerprint density at radius 1 is 1.05 bits per heavy atom. The van der Waals surface area contributed by atoms with Gasteiger partial charge < -0.3 is 9.05 Å². The Morgan fingerprint density at radius 2 is 1.62 bits per heavy atom. The van der Waals surface area contributed by atoms with Crippen LogP contribution in [0.3, 0.4) is 0 Å². The standard InChI is InChI=1S/C16H25O3PS/c1-3-5-13-18-20(17,19-14-6-4-2)21-15-12-16-10-8-7-9-11-16/h7-12,15H,3-6,13-14H2,1-2H3/b15-12+. The summed E-state index contributed by atoms with van der Waals surface area (Å²) in [6.45, 7) is 2.03. The second-order valence-electron chi connectivity index (χ2n) is 4.64. The van der Waals surface area contributed by atoms with Gasteiger partial charge >= 0.3 is 6.80 Å². The molecular formula is C16H25O3PS. The third kappa shape index (κ3) is 8.47. The van der Waals surface area contributed by atoms with Crippen molar-refractivity contribution in [3.05, 3.63) is 41.3 Å². The highest BCUT2D eigenvalue weighted by Gasteiger charge is 2.23. The van der Waals surface area contributed by atoms with E-state index >= 15 is 0 Å². The maximum Gasteiger partial charge on any atom is 0.393 e. The lowest BCUT2D eigenvalue weighted by atomic mass is 10.2. The van der Waals surface area contributed by atoms with E-state index in [1.807, 2.05) is 36.4 Å². The summed E-state index contributed by atoms with van der Waals surface area (Å²) >= 11 is 1.15. The van der Waals surface area contributed by atoms with Crippen molar-refractivity contribution in [3.8, 4) is 0 Å². The zero-order chi connectivity index (χ0) is 15.4. The minimum atomic E-state index is -3.09. The van der Waals surface area contributed by atoms with Crippen molar-refractivity contribution >= 4 is 24.3 Å². The molecule has 0 aliphatic heterocycles. The van der Waals surface area contributed by atoms with Crippen LogP contribution in [0.15, 0.2) is 35.7 Å². The van der Waals surface area contributed by atoms with E-state index in [1.54, 1.807) is 5.41 Å². The molecule has 0 radical (unpaired) electrons. The van der Waals surface area contributed by atoms with Crippen molar-refractivity contribution in [1.29, 1.82) is 0 Å². The van der Waals surface area contributed by atoms with Gasteiger partial charge in [-0.25, -0.2) is 4.57 Å². The lowest BCUT2D eigenvalue weighted by molar-refractivity contribution is 0.215. The topological polar surface area (TPSA) is 35.5 Å². The second-order valence-corrected chi connectivity index (χ2v) is 8.51. The summed E-state index contributed by atoms with van der Waals surface area (Å²) in [4.78, 5) is 0. The van der Waals surface area contributed by atoms with Gasteiger partial charge in [0.15, 0.2) is 0 Å². The normalized spacial score (nSPS) is 12.1. The van der Waals surface area contributed by atoms with Gasteiger partial charge in [-0.1, -0.05) is 57.0 Å². The van der Waals surface area contributed by atoms with Crippen LogP contribution in [0, 0.1) is 0 Å². The molecule has 21 heavy (non-hydrogen) atoms. The fraction of sp³-hybridized carbons (Fsp3) is 0.500. The van der Waals surface area contributed by atoms with Gasteiger partial charge in [0.25, 0.3) is 0 Å². The SMILES string of the molecule is CCCCOP(=O)(OCCCC)S/C=C/c1ccccc1. The summed E-state index contributed by atoms with van der Waals surface area (Å²) in [6, 6.07) is 9.91. The summed E-state index contributed by atoms with van der Waals surface area (Å²) in [5.41, 5.74) is 1.07. The summed E-state index contributed by atoms with van der Waals surface area (Å²) in [7, 11) is 0. The largest absolute Gasteiger partial charge is 0.393 e. The molecule has 0 saturated heterocycles. The lowest BCUT2D eigenvalue weighted by Crippen LogP contribution is -1.96. The fourth-order valence-corrected chi connectivity index (χ4v) is 4.20. The van der Waals surface area contributed by atoms with Crippen LogP contribution in [0.2, 0.25) is 0 Å². The van der Waals surface area contributed by atoms with E-state index in [4.69, 9.17) is 9.05 Å². The molecule has 3 nitrogen and oxygen atoms in total. The van der Waals surface area contributed by atoms with Crippen molar-refractivity contribution in [2.24, 2.45) is 0 Å². The van der Waals surface area contributed by atoms with Gasteiger partial charge in [0.1, 0.15) is 0 Å². The fourth-order valence-electron chi connectivity index (χ4n) is 1.49. The average molecular weight is 328 g/mol. The maximum absolute atomic E-state index is 12.6. The van der Waals surface area contributed by atoms with Crippen LogP contribution in [0.5, 0.6) is 0 Å². The van der Waals surface area contributed by atoms with E-state index < -0.39 is 6.80 Å². The first-order valence-electron chi connectivity index (χ1n) is 7.49. The summed E-state index contributed by atoms with van der Waals surface area (Å²) in [6.07, 6.45) is 5.73. The van der Waals surface area contributed by atoms with Crippen LogP contribution in [-0.4, -0.2) is 13.2 Å². The van der Waals surface area contributed by atoms with Crippen LogP contribution in [0.1, 0.15) is 45.1 Å². The van der Waals surface area contributed by atoms with Crippen LogP contribution < -0.4 is 0 Å². The first-order chi connectivity index (χ1) is 10.2. The smallest absolute Gasteiger partial charge is 0.301 e. The average Bonchev–Trinajstić information content (AvgIpc) is 2.49. The highest BCUT2D eigenvalue weighted by atomic mass is 32.7. The van der Waals surface area contributed by atoms with E-state index in [9.17, 15) is 4.57 Å². The summed E-state index contributed by atoms with van der Waals surface area (Å²) in [5.74, 6) is 0. The molecular weight excluding hydrogens is 303 g/mol. The van der Waals surface area contributed by atoms with E-state index in [2.05, 4.69) is 13.8 Å². The maximum atomic E-state index is 12.6. The van der Waals surface area contributed by atoms with Gasteiger partial charge in [0.2, 0.25) is 0 Å². The van der Waals surface area contributed by atoms with Crippen molar-refractivity contribution in [3.63, 3.8) is 0 Å². The first-order valence-corrected chi connectivity index (χ1v) is 10.5. The van der Waals surface area contributed by atoms with E-state index in [0.717, 1.165) is 42.6 Å². The van der Waals surface area contributed by atoms with Crippen LogP contribution >= 0.6 is 18.2 Å². The van der Waals surface area contributed by atoms with Gasteiger partial charge in [-0.2, -0.15) is 0 Å². The van der Waals surface area contributed by atoms with Crippen molar-refractivity contribution < 1.29 is 13.6 Å². The Kier molecular flexibility index (Phi) is 9.77. The Hall–Kier alpha value is -0.540. The van der Waals surface area contributed by atoms with E-state index in [-0.39, 0.29) is 0 Å². The number of unbranched alkanes of at least 4 members (excludes halogenated alkanes) is 2.